The first kappa shape index (κ1) is 40.6. The Kier molecular flexibility index (Phi) is 9.46. The topological polar surface area (TPSA) is 331 Å². The summed E-state index contributed by atoms with van der Waals surface area (Å²) in [5, 5.41) is 166. The van der Waals surface area contributed by atoms with Gasteiger partial charge in [-0.2, -0.15) is 0 Å². The molecule has 0 saturated carbocycles. The molecule has 0 unspecified atom stereocenters. The average Bonchev–Trinajstić information content (AvgIpc) is 3.22. The van der Waals surface area contributed by atoms with Crippen molar-refractivity contribution in [3.8, 4) is 86.2 Å². The van der Waals surface area contributed by atoms with Gasteiger partial charge in [0.2, 0.25) is 0 Å². The molecule has 3 aliphatic heterocycles. The molecule has 0 aromatic heterocycles. The predicted molar refractivity (Wildman–Crippen MR) is 214 cm³/mol. The first-order valence-electron chi connectivity index (χ1n) is 19.3. The fourth-order valence-electron chi connectivity index (χ4n) is 8.94. The molecule has 0 amide bonds. The largest absolute Gasteiger partial charge is 0.508 e. The maximum absolute atomic E-state index is 12.5. The van der Waals surface area contributed by atoms with Crippen molar-refractivity contribution in [2.75, 3.05) is 0 Å². The zero-order valence-electron chi connectivity index (χ0n) is 32.3. The fraction of sp³-hybridized carbons (Fsp3) is 0.200. The van der Waals surface area contributed by atoms with Gasteiger partial charge in [0, 0.05) is 58.5 Å². The number of phenols is 12. The van der Waals surface area contributed by atoms with E-state index in [1.807, 2.05) is 0 Å². The number of rotatable bonds is 5. The number of hydrogen-bond acceptors (Lipinski definition) is 18. The Morgan fingerprint density at radius 2 is 0.778 bits per heavy atom. The normalized spacial score (nSPS) is 23.6. The first-order chi connectivity index (χ1) is 29.9. The molecule has 9 rings (SSSR count). The van der Waals surface area contributed by atoms with E-state index in [9.17, 15) is 76.6 Å². The van der Waals surface area contributed by atoms with E-state index in [1.54, 1.807) is 0 Å². The quantitative estimate of drug-likeness (QED) is 0.106. The van der Waals surface area contributed by atoms with Gasteiger partial charge < -0.3 is 90.8 Å². The minimum absolute atomic E-state index is 0.0127. The van der Waals surface area contributed by atoms with Gasteiger partial charge in [-0.25, -0.2) is 0 Å². The van der Waals surface area contributed by atoms with Crippen LogP contribution in [0.2, 0.25) is 0 Å². The van der Waals surface area contributed by atoms with Crippen molar-refractivity contribution >= 4 is 0 Å². The molecule has 15 N–H and O–H groups in total. The summed E-state index contributed by atoms with van der Waals surface area (Å²) in [6.07, 6.45) is -9.93. The van der Waals surface area contributed by atoms with E-state index in [2.05, 4.69) is 0 Å². The summed E-state index contributed by atoms with van der Waals surface area (Å²) in [6.45, 7) is 0. The predicted octanol–water partition coefficient (Wildman–Crippen LogP) is 4.44. The minimum atomic E-state index is -1.90. The Morgan fingerprint density at radius 1 is 0.365 bits per heavy atom. The maximum Gasteiger partial charge on any atom is 0.157 e. The van der Waals surface area contributed by atoms with Crippen LogP contribution in [0.5, 0.6) is 86.2 Å². The zero-order chi connectivity index (χ0) is 44.9. The van der Waals surface area contributed by atoms with E-state index in [0.717, 1.165) is 60.7 Å². The van der Waals surface area contributed by atoms with Gasteiger partial charge in [0.1, 0.15) is 70.1 Å². The summed E-state index contributed by atoms with van der Waals surface area (Å²) in [5.74, 6) is -11.5. The Bertz CT molecular complexity index is 2840. The van der Waals surface area contributed by atoms with Gasteiger partial charge in [-0.3, -0.25) is 0 Å². The van der Waals surface area contributed by atoms with Gasteiger partial charge in [-0.1, -0.05) is 18.2 Å². The molecule has 0 fully saturated rings. The first-order valence-corrected chi connectivity index (χ1v) is 19.3. The van der Waals surface area contributed by atoms with Crippen molar-refractivity contribution in [3.05, 3.63) is 123 Å². The molecule has 0 bridgehead atoms. The van der Waals surface area contributed by atoms with Crippen molar-refractivity contribution in [2.45, 2.75) is 54.9 Å². The third kappa shape index (κ3) is 6.46. The molecule has 8 atom stereocenters. The van der Waals surface area contributed by atoms with E-state index in [-0.39, 0.29) is 62.4 Å². The highest BCUT2D eigenvalue weighted by Gasteiger charge is 2.51. The highest BCUT2D eigenvalue weighted by molar-refractivity contribution is 5.70. The molecule has 326 valence electrons. The second kappa shape index (κ2) is 14.7. The van der Waals surface area contributed by atoms with Gasteiger partial charge in [0.15, 0.2) is 46.7 Å². The molecule has 3 aliphatic rings. The monoisotopic (exact) mass is 866 g/mol. The number of phenolic OH excluding ortho intramolecular Hbond substituents is 12. The Hall–Kier alpha value is -7.80. The van der Waals surface area contributed by atoms with Gasteiger partial charge in [-0.05, 0) is 53.1 Å². The third-order valence-electron chi connectivity index (χ3n) is 11.8. The van der Waals surface area contributed by atoms with Gasteiger partial charge in [-0.15, -0.1) is 0 Å². The van der Waals surface area contributed by atoms with Crippen molar-refractivity contribution < 1.29 is 90.8 Å². The van der Waals surface area contributed by atoms with Crippen LogP contribution in [0.15, 0.2) is 78.9 Å². The molecule has 0 radical (unpaired) electrons. The lowest BCUT2D eigenvalue weighted by molar-refractivity contribution is -0.00562. The molecular weight excluding hydrogens is 828 g/mol. The molecule has 3 heterocycles. The van der Waals surface area contributed by atoms with E-state index in [0.29, 0.717) is 0 Å². The Labute approximate surface area is 354 Å². The number of aliphatic hydroxyl groups excluding tert-OH is 3. The van der Waals surface area contributed by atoms with Crippen LogP contribution in [0, 0.1) is 0 Å². The second-order valence-corrected chi connectivity index (χ2v) is 15.7. The Balaban J connectivity index is 1.31. The molecular formula is C45H38O18. The summed E-state index contributed by atoms with van der Waals surface area (Å²) >= 11 is 0. The molecule has 0 saturated heterocycles. The van der Waals surface area contributed by atoms with Crippen LogP contribution in [0.3, 0.4) is 0 Å². The van der Waals surface area contributed by atoms with Gasteiger partial charge in [0.05, 0.1) is 17.9 Å². The summed E-state index contributed by atoms with van der Waals surface area (Å²) in [4.78, 5) is 0. The van der Waals surface area contributed by atoms with Crippen LogP contribution in [-0.2, 0) is 6.42 Å². The van der Waals surface area contributed by atoms with E-state index in [1.165, 1.54) is 18.2 Å². The van der Waals surface area contributed by atoms with Gasteiger partial charge >= 0.3 is 0 Å². The molecule has 18 nitrogen and oxygen atoms in total. The average molecular weight is 867 g/mol. The molecule has 0 aliphatic carbocycles. The third-order valence-corrected chi connectivity index (χ3v) is 11.8. The lowest BCUT2D eigenvalue weighted by atomic mass is 9.73. The van der Waals surface area contributed by atoms with Crippen molar-refractivity contribution in [2.24, 2.45) is 0 Å². The number of aromatic hydroxyl groups is 12. The number of ether oxygens (including phenoxy) is 3. The van der Waals surface area contributed by atoms with E-state index >= 15 is 0 Å². The van der Waals surface area contributed by atoms with Crippen LogP contribution < -0.4 is 14.2 Å². The molecule has 6 aromatic carbocycles. The highest BCUT2D eigenvalue weighted by Crippen LogP contribution is 2.62. The number of aliphatic hydroxyl groups is 3. The minimum Gasteiger partial charge on any atom is -0.508 e. The Morgan fingerprint density at radius 3 is 1.29 bits per heavy atom. The number of benzene rings is 6. The summed E-state index contributed by atoms with van der Waals surface area (Å²) in [5.41, 5.74) is -1.10. The van der Waals surface area contributed by atoms with Crippen LogP contribution in [0.25, 0.3) is 0 Å². The summed E-state index contributed by atoms with van der Waals surface area (Å²) in [6, 6.07) is 14.4. The van der Waals surface area contributed by atoms with Crippen molar-refractivity contribution in [1.29, 1.82) is 0 Å². The lowest BCUT2D eigenvalue weighted by Gasteiger charge is -2.43. The molecule has 18 heteroatoms. The molecule has 6 aromatic rings. The van der Waals surface area contributed by atoms with Crippen molar-refractivity contribution in [1.82, 2.24) is 0 Å². The second-order valence-electron chi connectivity index (χ2n) is 15.7. The zero-order valence-corrected chi connectivity index (χ0v) is 32.3. The molecule has 0 spiro atoms. The van der Waals surface area contributed by atoms with E-state index in [4.69, 9.17) is 14.2 Å². The fourth-order valence-corrected chi connectivity index (χ4v) is 8.94. The maximum atomic E-state index is 12.5. The highest BCUT2D eigenvalue weighted by atomic mass is 16.5. The number of fused-ring (bicyclic) bond motifs is 3. The lowest BCUT2D eigenvalue weighted by Crippen LogP contribution is -2.39. The van der Waals surface area contributed by atoms with Crippen LogP contribution in [0.4, 0.5) is 0 Å². The van der Waals surface area contributed by atoms with Crippen LogP contribution in [0.1, 0.15) is 74.7 Å². The summed E-state index contributed by atoms with van der Waals surface area (Å²) in [7, 11) is 0. The van der Waals surface area contributed by atoms with Gasteiger partial charge in [0.25, 0.3) is 0 Å². The van der Waals surface area contributed by atoms with Crippen LogP contribution >= 0.6 is 0 Å². The van der Waals surface area contributed by atoms with Crippen molar-refractivity contribution in [3.63, 3.8) is 0 Å². The smallest absolute Gasteiger partial charge is 0.157 e. The van der Waals surface area contributed by atoms with E-state index < -0.39 is 123 Å². The summed E-state index contributed by atoms with van der Waals surface area (Å²) < 4.78 is 18.9. The standard InChI is InChI=1S/C45H38O18/c46-18-10-27(54)33-32(11-18)61-42(16-2-5-21(48)25(52)8-16)39(59)37(33)35-29(56)14-30(57)36-38(40(60)43(63-45(35)36)17-3-6-22(49)26(53)9-17)34-28(55)13-23(50)19-12-31(58)41(62-44(19)34)15-1-4-20(47)24(51)7-15/h1-11,13-14,31,37-43,46-60H,12H2/t31-,37-,38+,39-,40+,41-,42-,43-/m1/s1. The number of hydrogen-bond donors (Lipinski definition) is 15. The van der Waals surface area contributed by atoms with Crippen LogP contribution in [-0.4, -0.2) is 94.9 Å². The molecule has 63 heavy (non-hydrogen) atoms. The SMILES string of the molecule is Oc1cc(O)c2c(c1)O[C@H](c1ccc(O)c(O)c1)[C@H](O)[C@H]2c1c(O)cc(O)c2c1O[C@H](c1ccc(O)c(O)c1)[C@@H](O)[C@H]2c1c(O)cc(O)c2c1O[C@H](c1ccc(O)c(O)c1)[C@H](O)C2.